The quantitative estimate of drug-likeness (QED) is 0.382. The van der Waals surface area contributed by atoms with Crippen LogP contribution in [0.1, 0.15) is 11.1 Å². The number of anilines is 2. The fourth-order valence-corrected chi connectivity index (χ4v) is 3.98. The van der Waals surface area contributed by atoms with Gasteiger partial charge in [-0.3, -0.25) is 0 Å². The summed E-state index contributed by atoms with van der Waals surface area (Å²) in [5.41, 5.74) is 2.82. The van der Waals surface area contributed by atoms with E-state index >= 15 is 0 Å². The molecule has 1 aromatic carbocycles. The molecule has 1 saturated heterocycles. The van der Waals surface area contributed by atoms with Crippen molar-refractivity contribution in [3.05, 3.63) is 58.2 Å². The van der Waals surface area contributed by atoms with Crippen LogP contribution < -0.4 is 15.4 Å². The van der Waals surface area contributed by atoms with E-state index in [0.29, 0.717) is 5.58 Å². The summed E-state index contributed by atoms with van der Waals surface area (Å²) in [6, 6.07) is 7.20. The molecule has 0 bridgehead atoms. The number of nitrogens with zero attached hydrogens (tertiary/aromatic N) is 6. The zero-order valence-electron chi connectivity index (χ0n) is 16.3. The summed E-state index contributed by atoms with van der Waals surface area (Å²) in [5.74, 6) is 1.57. The van der Waals surface area contributed by atoms with Gasteiger partial charge in [0.2, 0.25) is 5.95 Å². The molecule has 0 radical (unpaired) electrons. The van der Waals surface area contributed by atoms with E-state index in [0.717, 1.165) is 65.4 Å². The van der Waals surface area contributed by atoms with Gasteiger partial charge in [-0.2, -0.15) is 0 Å². The van der Waals surface area contributed by atoms with Crippen LogP contribution in [0.3, 0.4) is 0 Å². The monoisotopic (exact) mass is 388 g/mol. The highest BCUT2D eigenvalue weighted by molar-refractivity contribution is 6.06. The molecule has 4 aromatic rings. The zero-order valence-corrected chi connectivity index (χ0v) is 16.3. The van der Waals surface area contributed by atoms with Gasteiger partial charge < -0.3 is 14.2 Å². The van der Waals surface area contributed by atoms with Gasteiger partial charge in [0.15, 0.2) is 5.82 Å². The Hall–Kier alpha value is -3.55. The smallest absolute Gasteiger partial charge is 0.336 e. The number of rotatable bonds is 2. The van der Waals surface area contributed by atoms with Crippen molar-refractivity contribution in [1.29, 1.82) is 0 Å². The minimum absolute atomic E-state index is 0.350. The SMILES string of the molecule is Cc1cc(=O)oc2c1ccc1nnc(N3CCN(c4ncccn4)CC3)c(C)c12. The average Bonchev–Trinajstić information content (AvgIpc) is 2.74. The predicted octanol–water partition coefficient (Wildman–Crippen LogP) is 2.47. The number of piperazine rings is 1. The van der Waals surface area contributed by atoms with Crippen molar-refractivity contribution in [1.82, 2.24) is 20.2 Å². The second-order valence-corrected chi connectivity index (χ2v) is 7.26. The number of benzene rings is 1. The molecule has 0 saturated carbocycles. The maximum Gasteiger partial charge on any atom is 0.336 e. The summed E-state index contributed by atoms with van der Waals surface area (Å²) in [7, 11) is 0. The summed E-state index contributed by atoms with van der Waals surface area (Å²) in [4.78, 5) is 25.0. The molecule has 146 valence electrons. The normalized spacial score (nSPS) is 14.7. The van der Waals surface area contributed by atoms with Crippen LogP contribution in [0.5, 0.6) is 0 Å². The molecule has 3 aromatic heterocycles. The third-order valence-corrected chi connectivity index (χ3v) is 5.47. The number of aromatic nitrogens is 4. The standard InChI is InChI=1S/C21H20N6O2/c1-13-12-17(28)29-19-15(13)4-5-16-18(19)14(2)20(25-24-16)26-8-10-27(11-9-26)21-22-6-3-7-23-21/h3-7,12H,8-11H2,1-2H3. The lowest BCUT2D eigenvalue weighted by atomic mass is 10.0. The van der Waals surface area contributed by atoms with Gasteiger partial charge in [-0.25, -0.2) is 14.8 Å². The summed E-state index contributed by atoms with van der Waals surface area (Å²) in [5, 5.41) is 10.7. The van der Waals surface area contributed by atoms with Crippen molar-refractivity contribution < 1.29 is 4.42 Å². The van der Waals surface area contributed by atoms with Crippen LogP contribution in [0.15, 0.2) is 45.9 Å². The predicted molar refractivity (Wildman–Crippen MR) is 112 cm³/mol. The molecule has 1 fully saturated rings. The average molecular weight is 388 g/mol. The lowest BCUT2D eigenvalue weighted by molar-refractivity contribution is 0.562. The van der Waals surface area contributed by atoms with Crippen LogP contribution in [-0.4, -0.2) is 46.3 Å². The number of aryl methyl sites for hydroxylation is 2. The number of hydrogen-bond acceptors (Lipinski definition) is 8. The summed E-state index contributed by atoms with van der Waals surface area (Å²) in [6.07, 6.45) is 3.52. The van der Waals surface area contributed by atoms with E-state index in [1.807, 2.05) is 32.0 Å². The topological polar surface area (TPSA) is 88.3 Å². The Balaban J connectivity index is 1.54. The highest BCUT2D eigenvalue weighted by Gasteiger charge is 2.23. The van der Waals surface area contributed by atoms with Crippen molar-refractivity contribution in [3.8, 4) is 0 Å². The lowest BCUT2D eigenvalue weighted by Gasteiger charge is -2.35. The second kappa shape index (κ2) is 6.80. The minimum atomic E-state index is -0.350. The largest absolute Gasteiger partial charge is 0.422 e. The number of hydrogen-bond donors (Lipinski definition) is 0. The Morgan fingerprint density at radius 1 is 0.966 bits per heavy atom. The fraction of sp³-hybridized carbons (Fsp3) is 0.286. The molecule has 8 nitrogen and oxygen atoms in total. The number of fused-ring (bicyclic) bond motifs is 3. The molecule has 1 aliphatic rings. The van der Waals surface area contributed by atoms with Gasteiger partial charge in [-0.1, -0.05) is 0 Å². The molecule has 5 rings (SSSR count). The molecule has 0 spiro atoms. The van der Waals surface area contributed by atoms with Gasteiger partial charge in [-0.15, -0.1) is 10.2 Å². The molecule has 4 heterocycles. The van der Waals surface area contributed by atoms with Gasteiger partial charge in [0, 0.05) is 55.6 Å². The van der Waals surface area contributed by atoms with Crippen LogP contribution in [0.2, 0.25) is 0 Å². The summed E-state index contributed by atoms with van der Waals surface area (Å²) >= 11 is 0. The molecule has 29 heavy (non-hydrogen) atoms. The summed E-state index contributed by atoms with van der Waals surface area (Å²) in [6.45, 7) is 7.10. The molecule has 8 heteroatoms. The van der Waals surface area contributed by atoms with Gasteiger partial charge >= 0.3 is 5.63 Å². The van der Waals surface area contributed by atoms with Crippen LogP contribution in [-0.2, 0) is 0 Å². The van der Waals surface area contributed by atoms with Crippen LogP contribution in [0.4, 0.5) is 11.8 Å². The molecule has 0 amide bonds. The third-order valence-electron chi connectivity index (χ3n) is 5.47. The fourth-order valence-electron chi connectivity index (χ4n) is 3.98. The highest BCUT2D eigenvalue weighted by atomic mass is 16.4. The first-order valence-electron chi connectivity index (χ1n) is 9.59. The van der Waals surface area contributed by atoms with E-state index in [4.69, 9.17) is 4.42 Å². The van der Waals surface area contributed by atoms with E-state index in [9.17, 15) is 4.79 Å². The Morgan fingerprint density at radius 2 is 1.69 bits per heavy atom. The first kappa shape index (κ1) is 17.5. The first-order valence-corrected chi connectivity index (χ1v) is 9.59. The van der Waals surface area contributed by atoms with Crippen molar-refractivity contribution in [2.75, 3.05) is 36.0 Å². The Labute approximate surface area is 166 Å². The second-order valence-electron chi connectivity index (χ2n) is 7.26. The van der Waals surface area contributed by atoms with Crippen molar-refractivity contribution in [2.24, 2.45) is 0 Å². The van der Waals surface area contributed by atoms with Crippen molar-refractivity contribution in [2.45, 2.75) is 13.8 Å². The maximum atomic E-state index is 12.0. The molecular formula is C21H20N6O2. The van der Waals surface area contributed by atoms with E-state index in [1.54, 1.807) is 12.4 Å². The minimum Gasteiger partial charge on any atom is -0.422 e. The lowest BCUT2D eigenvalue weighted by Crippen LogP contribution is -2.47. The highest BCUT2D eigenvalue weighted by Crippen LogP contribution is 2.31. The van der Waals surface area contributed by atoms with Gasteiger partial charge in [0.25, 0.3) is 0 Å². The molecule has 0 atom stereocenters. The van der Waals surface area contributed by atoms with Gasteiger partial charge in [-0.05, 0) is 37.6 Å². The van der Waals surface area contributed by atoms with E-state index in [-0.39, 0.29) is 5.63 Å². The Bertz CT molecular complexity index is 1260. The van der Waals surface area contributed by atoms with Crippen molar-refractivity contribution in [3.63, 3.8) is 0 Å². The van der Waals surface area contributed by atoms with Crippen LogP contribution >= 0.6 is 0 Å². The van der Waals surface area contributed by atoms with Gasteiger partial charge in [0.1, 0.15) is 5.58 Å². The van der Waals surface area contributed by atoms with Crippen LogP contribution in [0, 0.1) is 13.8 Å². The van der Waals surface area contributed by atoms with E-state index in [1.165, 1.54) is 6.07 Å². The third kappa shape index (κ3) is 2.97. The van der Waals surface area contributed by atoms with E-state index < -0.39 is 0 Å². The molecule has 0 unspecified atom stereocenters. The van der Waals surface area contributed by atoms with E-state index in [2.05, 4.69) is 30.0 Å². The maximum absolute atomic E-state index is 12.0. The molecule has 1 aliphatic heterocycles. The molecule has 0 N–H and O–H groups in total. The van der Waals surface area contributed by atoms with Crippen LogP contribution in [0.25, 0.3) is 21.9 Å². The summed E-state index contributed by atoms with van der Waals surface area (Å²) < 4.78 is 5.59. The first-order chi connectivity index (χ1) is 14.1. The molecule has 0 aliphatic carbocycles. The van der Waals surface area contributed by atoms with Crippen molar-refractivity contribution >= 4 is 33.6 Å². The molecular weight excluding hydrogens is 368 g/mol. The Kier molecular flexibility index (Phi) is 4.12. The van der Waals surface area contributed by atoms with Gasteiger partial charge in [0.05, 0.1) is 10.9 Å². The zero-order chi connectivity index (χ0) is 20.0. The Morgan fingerprint density at radius 3 is 2.45 bits per heavy atom.